The Kier molecular flexibility index (Phi) is 4.44. The SMILES string of the molecule is COc1cc(OC)c(N)c(C(=O)Nc2nccc(Cl)n2)c1. The maximum absolute atomic E-state index is 12.3. The number of aromatic nitrogens is 2. The highest BCUT2D eigenvalue weighted by atomic mass is 35.5. The molecule has 2 aromatic rings. The van der Waals surface area contributed by atoms with Crippen molar-refractivity contribution in [2.45, 2.75) is 0 Å². The minimum absolute atomic E-state index is 0.0775. The third-order valence-corrected chi connectivity index (χ3v) is 2.87. The Labute approximate surface area is 126 Å². The lowest BCUT2D eigenvalue weighted by Gasteiger charge is -2.12. The fourth-order valence-electron chi connectivity index (χ4n) is 1.64. The average Bonchev–Trinajstić information content (AvgIpc) is 2.47. The van der Waals surface area contributed by atoms with E-state index in [9.17, 15) is 4.79 Å². The Morgan fingerprint density at radius 1 is 1.33 bits per heavy atom. The molecule has 0 unspecified atom stereocenters. The van der Waals surface area contributed by atoms with Gasteiger partial charge in [-0.15, -0.1) is 0 Å². The van der Waals surface area contributed by atoms with Gasteiger partial charge >= 0.3 is 0 Å². The summed E-state index contributed by atoms with van der Waals surface area (Å²) < 4.78 is 10.2. The van der Waals surface area contributed by atoms with Crippen LogP contribution >= 0.6 is 11.6 Å². The Balaban J connectivity index is 2.34. The minimum Gasteiger partial charge on any atom is -0.497 e. The topological polar surface area (TPSA) is 99.4 Å². The molecule has 3 N–H and O–H groups in total. The van der Waals surface area contributed by atoms with Crippen molar-refractivity contribution in [3.8, 4) is 11.5 Å². The van der Waals surface area contributed by atoms with E-state index in [-0.39, 0.29) is 22.4 Å². The number of nitrogens with one attached hydrogen (secondary N) is 1. The number of benzene rings is 1. The molecule has 0 aliphatic rings. The van der Waals surface area contributed by atoms with Crippen LogP contribution in [0.1, 0.15) is 10.4 Å². The van der Waals surface area contributed by atoms with E-state index in [0.717, 1.165) is 0 Å². The molecular weight excluding hydrogens is 296 g/mol. The normalized spacial score (nSPS) is 10.0. The highest BCUT2D eigenvalue weighted by Crippen LogP contribution is 2.31. The van der Waals surface area contributed by atoms with E-state index < -0.39 is 5.91 Å². The van der Waals surface area contributed by atoms with E-state index in [1.165, 1.54) is 32.5 Å². The third kappa shape index (κ3) is 3.32. The number of amides is 1. The molecule has 1 amide bonds. The second-order valence-electron chi connectivity index (χ2n) is 3.95. The van der Waals surface area contributed by atoms with E-state index in [4.69, 9.17) is 26.8 Å². The molecule has 0 atom stereocenters. The number of nitrogens with two attached hydrogens (primary N) is 1. The van der Waals surface area contributed by atoms with Crippen molar-refractivity contribution in [1.29, 1.82) is 0 Å². The predicted molar refractivity (Wildman–Crippen MR) is 79.0 cm³/mol. The first-order valence-corrected chi connectivity index (χ1v) is 6.24. The van der Waals surface area contributed by atoms with Crippen LogP contribution < -0.4 is 20.5 Å². The van der Waals surface area contributed by atoms with Gasteiger partial charge in [-0.3, -0.25) is 10.1 Å². The van der Waals surface area contributed by atoms with Crippen LogP contribution in [0.15, 0.2) is 24.4 Å². The van der Waals surface area contributed by atoms with Crippen molar-refractivity contribution >= 4 is 29.1 Å². The number of hydrogen-bond donors (Lipinski definition) is 2. The fourth-order valence-corrected chi connectivity index (χ4v) is 1.78. The molecule has 0 saturated heterocycles. The van der Waals surface area contributed by atoms with Gasteiger partial charge in [-0.1, -0.05) is 11.6 Å². The first-order chi connectivity index (χ1) is 10.0. The van der Waals surface area contributed by atoms with Crippen molar-refractivity contribution in [3.05, 3.63) is 35.1 Å². The number of nitrogen functional groups attached to an aromatic ring is 1. The zero-order valence-corrected chi connectivity index (χ0v) is 12.1. The Morgan fingerprint density at radius 2 is 2.10 bits per heavy atom. The predicted octanol–water partition coefficient (Wildman–Crippen LogP) is 1.98. The van der Waals surface area contributed by atoms with Crippen molar-refractivity contribution in [2.75, 3.05) is 25.3 Å². The maximum Gasteiger partial charge on any atom is 0.260 e. The molecule has 0 aliphatic carbocycles. The number of anilines is 2. The van der Waals surface area contributed by atoms with Crippen LogP contribution in [0.4, 0.5) is 11.6 Å². The zero-order valence-electron chi connectivity index (χ0n) is 11.4. The van der Waals surface area contributed by atoms with Gasteiger partial charge in [-0.25, -0.2) is 9.97 Å². The van der Waals surface area contributed by atoms with Crippen LogP contribution in [0.2, 0.25) is 5.15 Å². The van der Waals surface area contributed by atoms with Gasteiger partial charge in [-0.05, 0) is 12.1 Å². The third-order valence-electron chi connectivity index (χ3n) is 2.66. The van der Waals surface area contributed by atoms with Crippen LogP contribution in [0, 0.1) is 0 Å². The zero-order chi connectivity index (χ0) is 15.4. The minimum atomic E-state index is -0.494. The Bertz CT molecular complexity index is 678. The first kappa shape index (κ1) is 14.9. The Morgan fingerprint density at radius 3 is 2.71 bits per heavy atom. The van der Waals surface area contributed by atoms with Crippen molar-refractivity contribution in [1.82, 2.24) is 9.97 Å². The van der Waals surface area contributed by atoms with Gasteiger partial charge in [0.25, 0.3) is 5.91 Å². The summed E-state index contributed by atoms with van der Waals surface area (Å²) in [6.45, 7) is 0. The summed E-state index contributed by atoms with van der Waals surface area (Å²) in [4.78, 5) is 20.0. The van der Waals surface area contributed by atoms with E-state index in [2.05, 4.69) is 15.3 Å². The molecule has 0 fully saturated rings. The number of carbonyl (C=O) groups is 1. The van der Waals surface area contributed by atoms with E-state index >= 15 is 0 Å². The van der Waals surface area contributed by atoms with Gasteiger partial charge in [0.05, 0.1) is 25.5 Å². The second kappa shape index (κ2) is 6.27. The molecule has 1 aromatic heterocycles. The highest BCUT2D eigenvalue weighted by Gasteiger charge is 2.17. The number of ether oxygens (including phenoxy) is 2. The molecule has 2 rings (SSSR count). The summed E-state index contributed by atoms with van der Waals surface area (Å²) in [7, 11) is 2.93. The average molecular weight is 309 g/mol. The monoisotopic (exact) mass is 308 g/mol. The molecule has 1 aromatic carbocycles. The molecule has 7 nitrogen and oxygen atoms in total. The molecule has 1 heterocycles. The van der Waals surface area contributed by atoms with Crippen molar-refractivity contribution in [3.63, 3.8) is 0 Å². The molecular formula is C13H13ClN4O3. The molecule has 0 aliphatic heterocycles. The molecule has 0 bridgehead atoms. The number of carbonyl (C=O) groups excluding carboxylic acids is 1. The number of rotatable bonds is 4. The molecule has 8 heteroatoms. The standard InChI is InChI=1S/C13H13ClN4O3/c1-20-7-5-8(11(15)9(6-7)21-2)12(19)18-13-16-4-3-10(14)17-13/h3-6H,15H2,1-2H3,(H,16,17,18,19). The van der Waals surface area contributed by atoms with Gasteiger partial charge in [0.2, 0.25) is 5.95 Å². The van der Waals surface area contributed by atoms with E-state index in [1.54, 1.807) is 6.07 Å². The van der Waals surface area contributed by atoms with Gasteiger partial charge in [0.15, 0.2) is 0 Å². The van der Waals surface area contributed by atoms with Crippen molar-refractivity contribution < 1.29 is 14.3 Å². The van der Waals surface area contributed by atoms with Crippen LogP contribution in [0.25, 0.3) is 0 Å². The van der Waals surface area contributed by atoms with Crippen LogP contribution in [0.3, 0.4) is 0 Å². The smallest absolute Gasteiger partial charge is 0.260 e. The number of methoxy groups -OCH3 is 2. The number of hydrogen-bond acceptors (Lipinski definition) is 6. The summed E-state index contributed by atoms with van der Waals surface area (Å²) in [5.41, 5.74) is 6.28. The van der Waals surface area contributed by atoms with Crippen LogP contribution in [-0.2, 0) is 0 Å². The number of nitrogens with zero attached hydrogens (tertiary/aromatic N) is 2. The maximum atomic E-state index is 12.3. The summed E-state index contributed by atoms with van der Waals surface area (Å²) in [5, 5.41) is 2.72. The quantitative estimate of drug-likeness (QED) is 0.662. The van der Waals surface area contributed by atoms with Crippen LogP contribution in [0.5, 0.6) is 11.5 Å². The second-order valence-corrected chi connectivity index (χ2v) is 4.34. The molecule has 0 spiro atoms. The van der Waals surface area contributed by atoms with Gasteiger partial charge < -0.3 is 15.2 Å². The first-order valence-electron chi connectivity index (χ1n) is 5.86. The Hall–Kier alpha value is -2.54. The molecule has 0 saturated carbocycles. The van der Waals surface area contributed by atoms with Crippen molar-refractivity contribution in [2.24, 2.45) is 0 Å². The highest BCUT2D eigenvalue weighted by molar-refractivity contribution is 6.29. The van der Waals surface area contributed by atoms with Gasteiger partial charge in [-0.2, -0.15) is 0 Å². The summed E-state index contributed by atoms with van der Waals surface area (Å²) in [5.74, 6) is 0.366. The number of halogens is 1. The van der Waals surface area contributed by atoms with E-state index in [0.29, 0.717) is 11.5 Å². The summed E-state index contributed by atoms with van der Waals surface area (Å²) in [6.07, 6.45) is 1.43. The van der Waals surface area contributed by atoms with Gasteiger partial charge in [0, 0.05) is 12.3 Å². The largest absolute Gasteiger partial charge is 0.497 e. The van der Waals surface area contributed by atoms with E-state index in [1.807, 2.05) is 0 Å². The lowest BCUT2D eigenvalue weighted by atomic mass is 10.1. The summed E-state index contributed by atoms with van der Waals surface area (Å²) >= 11 is 5.73. The molecule has 21 heavy (non-hydrogen) atoms. The fraction of sp³-hybridized carbons (Fsp3) is 0.154. The summed E-state index contributed by atoms with van der Waals surface area (Å²) in [6, 6.07) is 4.58. The van der Waals surface area contributed by atoms with Crippen LogP contribution in [-0.4, -0.2) is 30.1 Å². The molecule has 110 valence electrons. The van der Waals surface area contributed by atoms with Gasteiger partial charge in [0.1, 0.15) is 16.7 Å². The molecule has 0 radical (unpaired) electrons. The lowest BCUT2D eigenvalue weighted by Crippen LogP contribution is -2.16. The lowest BCUT2D eigenvalue weighted by molar-refractivity contribution is 0.102.